The van der Waals surface area contributed by atoms with Crippen LogP contribution in [-0.4, -0.2) is 34.4 Å². The highest BCUT2D eigenvalue weighted by molar-refractivity contribution is 5.62. The Bertz CT molecular complexity index is 877. The van der Waals surface area contributed by atoms with Gasteiger partial charge in [-0.05, 0) is 32.0 Å². The molecule has 2 heterocycles. The van der Waals surface area contributed by atoms with Gasteiger partial charge in [0.2, 0.25) is 5.95 Å². The van der Waals surface area contributed by atoms with Gasteiger partial charge in [-0.25, -0.2) is 4.98 Å². The molecule has 8 nitrogen and oxygen atoms in total. The third-order valence-electron chi connectivity index (χ3n) is 3.79. The minimum atomic E-state index is 0.460. The highest BCUT2D eigenvalue weighted by Gasteiger charge is 2.08. The minimum Gasteiger partial charge on any atom is -0.493 e. The van der Waals surface area contributed by atoms with Gasteiger partial charge in [0.25, 0.3) is 0 Å². The lowest BCUT2D eigenvalue weighted by atomic mass is 10.3. The Morgan fingerprint density at radius 3 is 2.48 bits per heavy atom. The van der Waals surface area contributed by atoms with Crippen molar-refractivity contribution in [2.24, 2.45) is 0 Å². The highest BCUT2D eigenvalue weighted by atomic mass is 16.5. The molecule has 0 radical (unpaired) electrons. The molecule has 2 aromatic heterocycles. The SMILES string of the molecule is COc1ccc(Nc2nccc(Nc3n[nH]c(C)c3C)n2)cc1OC. The van der Waals surface area contributed by atoms with Crippen LogP contribution in [0.15, 0.2) is 30.5 Å². The number of benzene rings is 1. The van der Waals surface area contributed by atoms with E-state index >= 15 is 0 Å². The molecule has 8 heteroatoms. The second-order valence-electron chi connectivity index (χ2n) is 5.41. The van der Waals surface area contributed by atoms with E-state index in [4.69, 9.17) is 9.47 Å². The summed E-state index contributed by atoms with van der Waals surface area (Å²) >= 11 is 0. The fraction of sp³-hybridized carbons (Fsp3) is 0.235. The van der Waals surface area contributed by atoms with E-state index in [2.05, 4.69) is 30.8 Å². The largest absolute Gasteiger partial charge is 0.493 e. The summed E-state index contributed by atoms with van der Waals surface area (Å²) in [5, 5.41) is 13.5. The maximum absolute atomic E-state index is 5.30. The predicted octanol–water partition coefficient (Wildman–Crippen LogP) is 3.32. The lowest BCUT2D eigenvalue weighted by molar-refractivity contribution is 0.355. The average Bonchev–Trinajstić information content (AvgIpc) is 2.94. The van der Waals surface area contributed by atoms with Crippen LogP contribution in [0.4, 0.5) is 23.3 Å². The Morgan fingerprint density at radius 2 is 1.80 bits per heavy atom. The standard InChI is InChI=1S/C17H20N6O2/c1-10-11(2)22-23-16(10)20-15-7-8-18-17(21-15)19-12-5-6-13(24-3)14(9-12)25-4/h5-9H,1-4H3,(H3,18,19,20,21,22,23). The van der Waals surface area contributed by atoms with Crippen LogP contribution < -0.4 is 20.1 Å². The van der Waals surface area contributed by atoms with E-state index in [9.17, 15) is 0 Å². The zero-order chi connectivity index (χ0) is 17.8. The molecular weight excluding hydrogens is 320 g/mol. The second kappa shape index (κ2) is 7.08. The Balaban J connectivity index is 1.79. The molecule has 25 heavy (non-hydrogen) atoms. The molecule has 0 saturated carbocycles. The number of aromatic nitrogens is 4. The third-order valence-corrected chi connectivity index (χ3v) is 3.79. The summed E-state index contributed by atoms with van der Waals surface area (Å²) < 4.78 is 10.5. The molecule has 1 aromatic carbocycles. The van der Waals surface area contributed by atoms with Crippen LogP contribution in [0.3, 0.4) is 0 Å². The number of hydrogen-bond donors (Lipinski definition) is 3. The molecule has 0 aliphatic heterocycles. The Morgan fingerprint density at radius 1 is 1.00 bits per heavy atom. The lowest BCUT2D eigenvalue weighted by Crippen LogP contribution is -2.01. The Kier molecular flexibility index (Phi) is 4.69. The smallest absolute Gasteiger partial charge is 0.229 e. The fourth-order valence-corrected chi connectivity index (χ4v) is 2.26. The van der Waals surface area contributed by atoms with Crippen LogP contribution in [0.25, 0.3) is 0 Å². The van der Waals surface area contributed by atoms with Gasteiger partial charge in [0.1, 0.15) is 5.82 Å². The molecule has 0 aliphatic carbocycles. The number of rotatable bonds is 6. The number of nitrogens with zero attached hydrogens (tertiary/aromatic N) is 3. The third kappa shape index (κ3) is 3.63. The Labute approximate surface area is 145 Å². The van der Waals surface area contributed by atoms with Gasteiger partial charge in [-0.3, -0.25) is 5.10 Å². The maximum Gasteiger partial charge on any atom is 0.229 e. The van der Waals surface area contributed by atoms with E-state index in [1.54, 1.807) is 26.5 Å². The van der Waals surface area contributed by atoms with Crippen molar-refractivity contribution in [3.8, 4) is 11.5 Å². The van der Waals surface area contributed by atoms with E-state index in [0.717, 1.165) is 22.8 Å². The van der Waals surface area contributed by atoms with E-state index in [0.29, 0.717) is 23.3 Å². The number of ether oxygens (including phenoxy) is 2. The van der Waals surface area contributed by atoms with Gasteiger partial charge in [0, 0.05) is 29.2 Å². The first kappa shape index (κ1) is 16.6. The van der Waals surface area contributed by atoms with Gasteiger partial charge >= 0.3 is 0 Å². The van der Waals surface area contributed by atoms with E-state index in [-0.39, 0.29) is 0 Å². The first-order chi connectivity index (χ1) is 12.1. The van der Waals surface area contributed by atoms with E-state index in [1.165, 1.54) is 0 Å². The van der Waals surface area contributed by atoms with Crippen LogP contribution >= 0.6 is 0 Å². The van der Waals surface area contributed by atoms with E-state index < -0.39 is 0 Å². The predicted molar refractivity (Wildman–Crippen MR) is 96.2 cm³/mol. The molecule has 130 valence electrons. The van der Waals surface area contributed by atoms with Crippen molar-refractivity contribution in [2.75, 3.05) is 24.9 Å². The molecule has 3 N–H and O–H groups in total. The molecule has 0 fully saturated rings. The minimum absolute atomic E-state index is 0.460. The molecule has 0 unspecified atom stereocenters. The summed E-state index contributed by atoms with van der Waals surface area (Å²) in [5.74, 6) is 3.14. The number of nitrogens with one attached hydrogen (secondary N) is 3. The summed E-state index contributed by atoms with van der Waals surface area (Å²) in [4.78, 5) is 8.69. The summed E-state index contributed by atoms with van der Waals surface area (Å²) in [7, 11) is 3.19. The number of anilines is 4. The van der Waals surface area contributed by atoms with Crippen molar-refractivity contribution in [3.63, 3.8) is 0 Å². The summed E-state index contributed by atoms with van der Waals surface area (Å²) in [6.45, 7) is 3.96. The molecule has 0 amide bonds. The molecule has 0 atom stereocenters. The first-order valence-electron chi connectivity index (χ1n) is 7.71. The van der Waals surface area contributed by atoms with Crippen molar-refractivity contribution in [1.82, 2.24) is 20.2 Å². The maximum atomic E-state index is 5.30. The Hall–Kier alpha value is -3.29. The summed E-state index contributed by atoms with van der Waals surface area (Å²) in [6.07, 6.45) is 1.67. The van der Waals surface area contributed by atoms with Gasteiger partial charge in [-0.15, -0.1) is 0 Å². The van der Waals surface area contributed by atoms with Gasteiger partial charge < -0.3 is 20.1 Å². The van der Waals surface area contributed by atoms with Gasteiger partial charge in [0.15, 0.2) is 17.3 Å². The number of H-pyrrole nitrogens is 1. The monoisotopic (exact) mass is 340 g/mol. The first-order valence-corrected chi connectivity index (χ1v) is 7.71. The number of aromatic amines is 1. The van der Waals surface area contributed by atoms with Crippen molar-refractivity contribution >= 4 is 23.3 Å². The van der Waals surface area contributed by atoms with Gasteiger partial charge in [0.05, 0.1) is 14.2 Å². The van der Waals surface area contributed by atoms with Crippen molar-refractivity contribution in [3.05, 3.63) is 41.7 Å². The second-order valence-corrected chi connectivity index (χ2v) is 5.41. The highest BCUT2D eigenvalue weighted by Crippen LogP contribution is 2.30. The number of hydrogen-bond acceptors (Lipinski definition) is 7. The van der Waals surface area contributed by atoms with Crippen LogP contribution in [-0.2, 0) is 0 Å². The zero-order valence-electron chi connectivity index (χ0n) is 14.5. The van der Waals surface area contributed by atoms with Crippen molar-refractivity contribution in [2.45, 2.75) is 13.8 Å². The molecule has 3 aromatic rings. The quantitative estimate of drug-likeness (QED) is 0.633. The van der Waals surface area contributed by atoms with Gasteiger partial charge in [-0.2, -0.15) is 10.1 Å². The normalized spacial score (nSPS) is 10.4. The number of methoxy groups -OCH3 is 2. The molecule has 0 spiro atoms. The molecule has 3 rings (SSSR count). The van der Waals surface area contributed by atoms with Crippen LogP contribution in [0.1, 0.15) is 11.3 Å². The molecular formula is C17H20N6O2. The topological polar surface area (TPSA) is 97.0 Å². The fourth-order valence-electron chi connectivity index (χ4n) is 2.26. The molecule has 0 bridgehead atoms. The molecule has 0 saturated heterocycles. The van der Waals surface area contributed by atoms with Gasteiger partial charge in [-0.1, -0.05) is 0 Å². The lowest BCUT2D eigenvalue weighted by Gasteiger charge is -2.11. The number of aryl methyl sites for hydroxylation is 1. The van der Waals surface area contributed by atoms with E-state index in [1.807, 2.05) is 32.0 Å². The van der Waals surface area contributed by atoms with Crippen molar-refractivity contribution < 1.29 is 9.47 Å². The van der Waals surface area contributed by atoms with Crippen molar-refractivity contribution in [1.29, 1.82) is 0 Å². The zero-order valence-corrected chi connectivity index (χ0v) is 14.5. The van der Waals surface area contributed by atoms with Crippen LogP contribution in [0, 0.1) is 13.8 Å². The average molecular weight is 340 g/mol. The molecule has 0 aliphatic rings. The van der Waals surface area contributed by atoms with Crippen LogP contribution in [0.5, 0.6) is 11.5 Å². The summed E-state index contributed by atoms with van der Waals surface area (Å²) in [5.41, 5.74) is 2.86. The summed E-state index contributed by atoms with van der Waals surface area (Å²) in [6, 6.07) is 7.29. The van der Waals surface area contributed by atoms with Crippen LogP contribution in [0.2, 0.25) is 0 Å².